The Labute approximate surface area is 142 Å². The van der Waals surface area contributed by atoms with Gasteiger partial charge in [-0.25, -0.2) is 15.3 Å². The average Bonchev–Trinajstić information content (AvgIpc) is 2.74. The van der Waals surface area contributed by atoms with Gasteiger partial charge in [0.1, 0.15) is 0 Å². The van der Waals surface area contributed by atoms with Crippen LogP contribution in [0.3, 0.4) is 0 Å². The van der Waals surface area contributed by atoms with Gasteiger partial charge in [0, 0.05) is 12.8 Å². The summed E-state index contributed by atoms with van der Waals surface area (Å²) >= 11 is 0. The van der Waals surface area contributed by atoms with Crippen molar-refractivity contribution >= 4 is 12.1 Å². The number of nitrogens with one attached hydrogen (secondary N) is 1. The predicted octanol–water partition coefficient (Wildman–Crippen LogP) is 3.30. The Kier molecular flexibility index (Phi) is 5.64. The van der Waals surface area contributed by atoms with Gasteiger partial charge in [0.15, 0.2) is 5.84 Å². The Morgan fingerprint density at radius 2 is 1.26 bits per heavy atom. The molecule has 0 fully saturated rings. The first-order chi connectivity index (χ1) is 11.7. The zero-order valence-electron chi connectivity index (χ0n) is 13.2. The number of hydrogen-bond acceptors (Lipinski definition) is 4. The van der Waals surface area contributed by atoms with Crippen LogP contribution in [0.5, 0.6) is 0 Å². The maximum absolute atomic E-state index is 13.2. The molecule has 1 aliphatic rings. The van der Waals surface area contributed by atoms with Crippen molar-refractivity contribution in [2.24, 2.45) is 9.98 Å². The molecule has 0 aliphatic carbocycles. The molecule has 0 aromatic rings. The zero-order valence-corrected chi connectivity index (χ0v) is 13.2. The van der Waals surface area contributed by atoms with E-state index in [1.165, 1.54) is 14.1 Å². The lowest BCUT2D eigenvalue weighted by atomic mass is 9.95. The van der Waals surface area contributed by atoms with E-state index in [4.69, 9.17) is 0 Å². The summed E-state index contributed by atoms with van der Waals surface area (Å²) in [6.07, 6.45) is -26.5. The first kappa shape index (κ1) is 23.5. The molecule has 0 radical (unpaired) electrons. The Morgan fingerprint density at radius 3 is 1.56 bits per heavy atom. The van der Waals surface area contributed by atoms with Crippen LogP contribution in [0, 0.1) is 0 Å². The van der Waals surface area contributed by atoms with Gasteiger partial charge in [0.25, 0.3) is 5.54 Å². The summed E-state index contributed by atoms with van der Waals surface area (Å²) in [5.41, 5.74) is -11.6. The van der Waals surface area contributed by atoms with E-state index in [1.807, 2.05) is 0 Å². The van der Waals surface area contributed by atoms with Crippen molar-refractivity contribution in [3.63, 3.8) is 0 Å². The fourth-order valence-corrected chi connectivity index (χ4v) is 2.00. The van der Waals surface area contributed by atoms with Crippen LogP contribution in [-0.4, -0.2) is 73.5 Å². The second kappa shape index (κ2) is 6.49. The molecule has 0 saturated carbocycles. The predicted molar refractivity (Wildman–Crippen MR) is 67.3 cm³/mol. The maximum atomic E-state index is 13.2. The molecule has 27 heavy (non-hydrogen) atoms. The molecular formula is C11H10F12N4. The molecule has 0 atom stereocenters. The number of halogens is 12. The number of nitrogens with zero attached hydrogens (tertiary/aromatic N) is 3. The van der Waals surface area contributed by atoms with E-state index in [0.29, 0.717) is 0 Å². The molecule has 158 valence electrons. The second-order valence-corrected chi connectivity index (χ2v) is 5.59. The van der Waals surface area contributed by atoms with Gasteiger partial charge in [0.2, 0.25) is 0 Å². The van der Waals surface area contributed by atoms with Crippen LogP contribution in [0.4, 0.5) is 52.7 Å². The molecule has 0 bridgehead atoms. The third-order valence-electron chi connectivity index (χ3n) is 3.31. The normalized spacial score (nSPS) is 21.2. The lowest BCUT2D eigenvalue weighted by Crippen LogP contribution is -2.75. The van der Waals surface area contributed by atoms with Crippen molar-refractivity contribution in [1.29, 1.82) is 0 Å². The Morgan fingerprint density at radius 1 is 0.852 bits per heavy atom. The molecule has 1 N–H and O–H groups in total. The van der Waals surface area contributed by atoms with Gasteiger partial charge in [-0.15, -0.1) is 0 Å². The summed E-state index contributed by atoms with van der Waals surface area (Å²) in [7, 11) is 2.52. The topological polar surface area (TPSA) is 40.0 Å². The minimum Gasteiger partial charge on any atom is -0.304 e. The molecule has 0 amide bonds. The summed E-state index contributed by atoms with van der Waals surface area (Å²) in [5, 5.41) is -0.365. The van der Waals surface area contributed by atoms with Crippen LogP contribution < -0.4 is 5.32 Å². The lowest BCUT2D eigenvalue weighted by Gasteiger charge is -2.38. The highest BCUT2D eigenvalue weighted by atomic mass is 19.4. The SMILES string of the molecule is CN(C)CC=NC1=NC(C(F)(F)F)(C(F)(F)F)NC1(C(F)(F)F)C(F)(F)F. The Hall–Kier alpha value is -1.58. The highest BCUT2D eigenvalue weighted by molar-refractivity contribution is 6.00. The summed E-state index contributed by atoms with van der Waals surface area (Å²) in [4.78, 5) is 5.42. The van der Waals surface area contributed by atoms with Crippen LogP contribution in [0.15, 0.2) is 9.98 Å². The molecule has 1 rings (SSSR count). The molecule has 0 saturated heterocycles. The minimum absolute atomic E-state index is 0.273. The van der Waals surface area contributed by atoms with Crippen LogP contribution in [-0.2, 0) is 0 Å². The van der Waals surface area contributed by atoms with E-state index in [0.717, 1.165) is 4.90 Å². The van der Waals surface area contributed by atoms with Crippen molar-refractivity contribution < 1.29 is 52.7 Å². The van der Waals surface area contributed by atoms with Crippen molar-refractivity contribution in [3.05, 3.63) is 0 Å². The Bertz CT molecular complexity index is 579. The van der Waals surface area contributed by atoms with Gasteiger partial charge in [-0.1, -0.05) is 0 Å². The largest absolute Gasteiger partial charge is 0.436 e. The third kappa shape index (κ3) is 3.72. The van der Waals surface area contributed by atoms with Gasteiger partial charge in [-0.05, 0) is 14.1 Å². The highest BCUT2D eigenvalue weighted by Crippen LogP contribution is 2.55. The monoisotopic (exact) mass is 426 g/mol. The lowest BCUT2D eigenvalue weighted by molar-refractivity contribution is -0.333. The fourth-order valence-electron chi connectivity index (χ4n) is 2.00. The molecule has 4 nitrogen and oxygen atoms in total. The van der Waals surface area contributed by atoms with E-state index < -0.39 is 48.3 Å². The molecule has 16 heteroatoms. The molecule has 0 spiro atoms. The van der Waals surface area contributed by atoms with E-state index in [1.54, 1.807) is 4.99 Å². The van der Waals surface area contributed by atoms with Gasteiger partial charge in [0.05, 0.1) is 0 Å². The van der Waals surface area contributed by atoms with Crippen molar-refractivity contribution in [3.8, 4) is 0 Å². The first-order valence-electron chi connectivity index (χ1n) is 6.57. The molecule has 0 aromatic carbocycles. The molecule has 1 heterocycles. The summed E-state index contributed by atoms with van der Waals surface area (Å²) in [5.74, 6) is -2.75. The number of amidine groups is 1. The van der Waals surface area contributed by atoms with Crippen LogP contribution in [0.2, 0.25) is 0 Å². The molecule has 0 unspecified atom stereocenters. The van der Waals surface area contributed by atoms with Crippen molar-refractivity contribution in [1.82, 2.24) is 10.2 Å². The molecule has 0 aromatic heterocycles. The van der Waals surface area contributed by atoms with E-state index in [2.05, 4.69) is 4.99 Å². The number of hydrogen-bond donors (Lipinski definition) is 1. The first-order valence-corrected chi connectivity index (χ1v) is 6.57. The minimum atomic E-state index is -6.69. The zero-order chi connectivity index (χ0) is 21.7. The second-order valence-electron chi connectivity index (χ2n) is 5.59. The number of alkyl halides is 12. The van der Waals surface area contributed by atoms with Gasteiger partial charge in [-0.2, -0.15) is 52.7 Å². The summed E-state index contributed by atoms with van der Waals surface area (Å²) < 4.78 is 157. The van der Waals surface area contributed by atoms with Crippen molar-refractivity contribution in [2.45, 2.75) is 35.9 Å². The number of rotatable bonds is 2. The van der Waals surface area contributed by atoms with Gasteiger partial charge < -0.3 is 4.90 Å². The number of aliphatic imine (C=N–C) groups is 2. The third-order valence-corrected chi connectivity index (χ3v) is 3.31. The van der Waals surface area contributed by atoms with E-state index in [-0.39, 0.29) is 11.5 Å². The van der Waals surface area contributed by atoms with Crippen molar-refractivity contribution in [2.75, 3.05) is 20.6 Å². The Balaban J connectivity index is 3.84. The molecular weight excluding hydrogens is 416 g/mol. The summed E-state index contributed by atoms with van der Waals surface area (Å²) in [6, 6.07) is 0. The molecule has 1 aliphatic heterocycles. The van der Waals surface area contributed by atoms with Gasteiger partial charge >= 0.3 is 30.4 Å². The standard InChI is InChI=1S/C11H10F12N4/c1-27(2)4-3-24-5-6(8(12,13)14,9(15,16)17)26-7(25-5,10(18,19)20)11(21,22)23/h3,26H,4H2,1-2H3. The van der Waals surface area contributed by atoms with E-state index >= 15 is 0 Å². The van der Waals surface area contributed by atoms with Crippen LogP contribution >= 0.6 is 0 Å². The van der Waals surface area contributed by atoms with E-state index in [9.17, 15) is 52.7 Å². The smallest absolute Gasteiger partial charge is 0.304 e. The highest BCUT2D eigenvalue weighted by Gasteiger charge is 2.86. The van der Waals surface area contributed by atoms with Gasteiger partial charge in [-0.3, -0.25) is 0 Å². The average molecular weight is 426 g/mol. The maximum Gasteiger partial charge on any atom is 0.436 e. The van der Waals surface area contributed by atoms with Crippen LogP contribution in [0.1, 0.15) is 0 Å². The quantitative estimate of drug-likeness (QED) is 0.544. The van der Waals surface area contributed by atoms with Crippen LogP contribution in [0.25, 0.3) is 0 Å². The summed E-state index contributed by atoms with van der Waals surface area (Å²) in [6.45, 7) is -0.490. The fraction of sp³-hybridized carbons (Fsp3) is 0.818.